The third-order valence-electron chi connectivity index (χ3n) is 8.04. The van der Waals surface area contributed by atoms with Gasteiger partial charge in [-0.05, 0) is 47.5 Å². The molecule has 0 aromatic heterocycles. The Hall–Kier alpha value is -5.56. The maximum atomic E-state index is 14.1. The summed E-state index contributed by atoms with van der Waals surface area (Å²) in [5, 5.41) is 25.2. The van der Waals surface area contributed by atoms with Crippen LogP contribution in [-0.4, -0.2) is 27.8 Å². The highest BCUT2D eigenvalue weighted by Gasteiger charge is 2.69. The van der Waals surface area contributed by atoms with Gasteiger partial charge in [-0.3, -0.25) is 25.0 Å². The monoisotopic (exact) mass is 617 g/mol. The van der Waals surface area contributed by atoms with E-state index in [1.165, 1.54) is 60.7 Å². The first-order valence-corrected chi connectivity index (χ1v) is 13.6. The van der Waals surface area contributed by atoms with Gasteiger partial charge in [0.15, 0.2) is 5.54 Å². The second-order valence-electron chi connectivity index (χ2n) is 10.6. The molecule has 0 aliphatic carbocycles. The molecule has 0 spiro atoms. The Morgan fingerprint density at radius 2 is 1.56 bits per heavy atom. The normalized spacial score (nSPS) is 22.7. The number of amides is 2. The molecule has 4 aromatic rings. The van der Waals surface area contributed by atoms with Crippen LogP contribution in [0.1, 0.15) is 22.7 Å². The van der Waals surface area contributed by atoms with Crippen molar-refractivity contribution >= 4 is 29.2 Å². The first-order valence-electron chi connectivity index (χ1n) is 13.6. The first kappa shape index (κ1) is 29.5. The number of nitro groups is 1. The van der Waals surface area contributed by atoms with Crippen LogP contribution in [0.15, 0.2) is 103 Å². The van der Waals surface area contributed by atoms with Crippen LogP contribution in [0.4, 0.5) is 24.5 Å². The summed E-state index contributed by atoms with van der Waals surface area (Å²) in [7, 11) is 0. The zero-order valence-corrected chi connectivity index (χ0v) is 23.0. The number of hydrogen-bond acceptors (Lipinski definition) is 7. The van der Waals surface area contributed by atoms with Crippen LogP contribution >= 0.6 is 0 Å². The third-order valence-corrected chi connectivity index (χ3v) is 8.04. The summed E-state index contributed by atoms with van der Waals surface area (Å²) < 4.78 is 45.5. The number of carbonyl (C=O) groups excluding carboxylic acids is 2. The minimum absolute atomic E-state index is 0.0821. The van der Waals surface area contributed by atoms with Gasteiger partial charge in [-0.2, -0.15) is 13.2 Å². The predicted octanol–water partition coefficient (Wildman–Crippen LogP) is 5.84. The lowest BCUT2D eigenvalue weighted by atomic mass is 9.75. The number of fused-ring (bicyclic) bond motifs is 1. The molecule has 2 aliphatic rings. The summed E-state index contributed by atoms with van der Waals surface area (Å²) in [5.74, 6) is -5.81. The van der Waals surface area contributed by atoms with E-state index in [2.05, 4.69) is 5.32 Å². The molecule has 6 rings (SSSR count). The van der Waals surface area contributed by atoms with Crippen molar-refractivity contribution in [3.8, 4) is 11.5 Å². The van der Waals surface area contributed by atoms with Crippen LogP contribution in [0.2, 0.25) is 0 Å². The van der Waals surface area contributed by atoms with E-state index in [0.717, 1.165) is 23.1 Å². The molecule has 4 atom stereocenters. The lowest BCUT2D eigenvalue weighted by Gasteiger charge is -2.31. The number of anilines is 1. The molecule has 4 aromatic carbocycles. The smallest absolute Gasteiger partial charge is 0.416 e. The number of nitro benzene ring substituents is 1. The Morgan fingerprint density at radius 3 is 2.22 bits per heavy atom. The number of nitrogens with zero attached hydrogens (tertiary/aromatic N) is 2. The van der Waals surface area contributed by atoms with E-state index < -0.39 is 57.9 Å². The van der Waals surface area contributed by atoms with Gasteiger partial charge in [-0.1, -0.05) is 54.6 Å². The van der Waals surface area contributed by atoms with E-state index in [1.807, 2.05) is 0 Å². The Morgan fingerprint density at radius 1 is 0.889 bits per heavy atom. The van der Waals surface area contributed by atoms with Crippen LogP contribution < -0.4 is 15.0 Å². The number of halogens is 3. The number of imide groups is 1. The van der Waals surface area contributed by atoms with E-state index in [4.69, 9.17) is 4.74 Å². The molecule has 45 heavy (non-hydrogen) atoms. The first-order chi connectivity index (χ1) is 21.4. The molecule has 0 radical (unpaired) electrons. The van der Waals surface area contributed by atoms with Gasteiger partial charge in [0.25, 0.3) is 5.69 Å². The van der Waals surface area contributed by atoms with Gasteiger partial charge in [0, 0.05) is 18.2 Å². The lowest BCUT2D eigenvalue weighted by molar-refractivity contribution is -0.384. The van der Waals surface area contributed by atoms with Crippen LogP contribution in [0.3, 0.4) is 0 Å². The SMILES string of the molecule is O=C1C2C(c3cccc(Oc4cccc(C(F)(F)F)c4)c3)NC(C(=O)O)(c3ccccc3)C2C(=O)N1c1cccc([N+](=O)[O-])c1. The van der Waals surface area contributed by atoms with Gasteiger partial charge >= 0.3 is 12.1 Å². The Labute approximate surface area is 252 Å². The Kier molecular flexibility index (Phi) is 7.12. The van der Waals surface area contributed by atoms with Gasteiger partial charge in [-0.15, -0.1) is 0 Å². The molecule has 13 heteroatoms. The molecule has 2 aliphatic heterocycles. The number of rotatable bonds is 7. The van der Waals surface area contributed by atoms with E-state index in [0.29, 0.717) is 5.56 Å². The molecule has 10 nitrogen and oxygen atoms in total. The average molecular weight is 618 g/mol. The van der Waals surface area contributed by atoms with Gasteiger partial charge in [0.1, 0.15) is 11.5 Å². The zero-order chi connectivity index (χ0) is 32.1. The molecule has 2 N–H and O–H groups in total. The van der Waals surface area contributed by atoms with Crippen molar-refractivity contribution < 1.29 is 42.3 Å². The molecule has 2 saturated heterocycles. The summed E-state index contributed by atoms with van der Waals surface area (Å²) in [6.45, 7) is 0. The van der Waals surface area contributed by atoms with Crippen molar-refractivity contribution in [2.24, 2.45) is 11.8 Å². The summed E-state index contributed by atoms with van der Waals surface area (Å²) >= 11 is 0. The zero-order valence-electron chi connectivity index (χ0n) is 23.0. The molecular weight excluding hydrogens is 595 g/mol. The quantitative estimate of drug-likeness (QED) is 0.150. The fraction of sp³-hybridized carbons (Fsp3) is 0.156. The number of non-ortho nitro benzene ring substituents is 1. The predicted molar refractivity (Wildman–Crippen MR) is 152 cm³/mol. The van der Waals surface area contributed by atoms with E-state index >= 15 is 0 Å². The number of aliphatic carboxylic acids is 1. The molecule has 2 amide bonds. The third kappa shape index (κ3) is 4.96. The van der Waals surface area contributed by atoms with E-state index in [1.54, 1.807) is 24.3 Å². The van der Waals surface area contributed by atoms with Crippen LogP contribution in [-0.2, 0) is 26.1 Å². The highest BCUT2D eigenvalue weighted by atomic mass is 19.4. The molecule has 4 unspecified atom stereocenters. The molecule has 2 heterocycles. The number of alkyl halides is 3. The summed E-state index contributed by atoms with van der Waals surface area (Å²) in [6, 6.07) is 22.0. The fourth-order valence-corrected chi connectivity index (χ4v) is 6.12. The van der Waals surface area contributed by atoms with Crippen molar-refractivity contribution in [3.63, 3.8) is 0 Å². The largest absolute Gasteiger partial charge is 0.480 e. The molecule has 0 bridgehead atoms. The van der Waals surface area contributed by atoms with Crippen molar-refractivity contribution in [1.29, 1.82) is 0 Å². The number of carbonyl (C=O) groups is 3. The number of carboxylic acid groups (broad SMARTS) is 1. The maximum Gasteiger partial charge on any atom is 0.416 e. The second-order valence-corrected chi connectivity index (χ2v) is 10.6. The molecule has 2 fully saturated rings. The van der Waals surface area contributed by atoms with E-state index in [-0.39, 0.29) is 28.4 Å². The summed E-state index contributed by atoms with van der Waals surface area (Å²) in [6.07, 6.45) is -4.60. The fourth-order valence-electron chi connectivity index (χ4n) is 6.12. The minimum Gasteiger partial charge on any atom is -0.480 e. The Bertz CT molecular complexity index is 1850. The van der Waals surface area contributed by atoms with Crippen molar-refractivity contribution in [2.75, 3.05) is 4.90 Å². The van der Waals surface area contributed by atoms with Crippen molar-refractivity contribution in [3.05, 3.63) is 130 Å². The number of carboxylic acids is 1. The van der Waals surface area contributed by atoms with Crippen molar-refractivity contribution in [2.45, 2.75) is 17.8 Å². The van der Waals surface area contributed by atoms with Crippen molar-refractivity contribution in [1.82, 2.24) is 5.32 Å². The topological polar surface area (TPSA) is 139 Å². The van der Waals surface area contributed by atoms with Gasteiger partial charge in [0.05, 0.1) is 28.0 Å². The van der Waals surface area contributed by atoms with Gasteiger partial charge < -0.3 is 9.84 Å². The lowest BCUT2D eigenvalue weighted by Crippen LogP contribution is -2.53. The standard InChI is InChI=1S/C32H22F3N3O7/c33-32(34,35)20-10-5-14-24(16-20)45-23-13-4-7-18(15-23)27-25-26(31(36-27,30(41)42)19-8-2-1-3-9-19)29(40)37(28(25)39)21-11-6-12-22(17-21)38(43)44/h1-17,25-27,36H,(H,41,42). The summed E-state index contributed by atoms with van der Waals surface area (Å²) in [5.41, 5.74) is -2.92. The second kappa shape index (κ2) is 10.9. The average Bonchev–Trinajstić information content (AvgIpc) is 3.51. The van der Waals surface area contributed by atoms with Crippen LogP contribution in [0.5, 0.6) is 11.5 Å². The number of hydrogen-bond donors (Lipinski definition) is 2. The highest BCUT2D eigenvalue weighted by Crippen LogP contribution is 2.54. The van der Waals surface area contributed by atoms with Gasteiger partial charge in [-0.25, -0.2) is 9.69 Å². The number of nitrogens with one attached hydrogen (secondary N) is 1. The number of benzene rings is 4. The van der Waals surface area contributed by atoms with E-state index in [9.17, 15) is 42.8 Å². The minimum atomic E-state index is -4.60. The highest BCUT2D eigenvalue weighted by molar-refractivity contribution is 6.24. The molecule has 0 saturated carbocycles. The molecule has 228 valence electrons. The van der Waals surface area contributed by atoms with Crippen LogP contribution in [0.25, 0.3) is 0 Å². The number of ether oxygens (including phenoxy) is 1. The summed E-state index contributed by atoms with van der Waals surface area (Å²) in [4.78, 5) is 52.8. The van der Waals surface area contributed by atoms with Crippen LogP contribution in [0, 0.1) is 22.0 Å². The van der Waals surface area contributed by atoms with Gasteiger partial charge in [0.2, 0.25) is 11.8 Å². The molecular formula is C32H22F3N3O7. The maximum absolute atomic E-state index is 14.1. The Balaban J connectivity index is 1.45.